The van der Waals surface area contributed by atoms with Gasteiger partial charge in [0.25, 0.3) is 5.91 Å². The highest BCUT2D eigenvalue weighted by Gasteiger charge is 2.08. The average Bonchev–Trinajstić information content (AvgIpc) is 2.51. The van der Waals surface area contributed by atoms with E-state index in [1.807, 2.05) is 46.1 Å². The quantitative estimate of drug-likeness (QED) is 0.856. The first-order valence-corrected chi connectivity index (χ1v) is 7.55. The number of carbonyl (C=O) groups excluding carboxylic acids is 1. The Balaban J connectivity index is 1.95. The van der Waals surface area contributed by atoms with Crippen molar-refractivity contribution in [2.45, 2.75) is 13.8 Å². The highest BCUT2D eigenvalue weighted by Crippen LogP contribution is 2.15. The lowest BCUT2D eigenvalue weighted by atomic mass is 10.1. The molecule has 0 aliphatic carbocycles. The van der Waals surface area contributed by atoms with Crippen molar-refractivity contribution in [2.24, 2.45) is 0 Å². The highest BCUT2D eigenvalue weighted by atomic mass is 16.1. The smallest absolute Gasteiger partial charge is 0.258 e. The Morgan fingerprint density at radius 1 is 1.13 bits per heavy atom. The lowest BCUT2D eigenvalue weighted by molar-refractivity contribution is 0.102. The van der Waals surface area contributed by atoms with Crippen LogP contribution in [-0.2, 0) is 0 Å². The SMILES string of the molecule is Cc1ccc(NC(=O)c2cnc(NCCN(C)C)nc2)cc1C. The van der Waals surface area contributed by atoms with Gasteiger partial charge < -0.3 is 15.5 Å². The second-order valence-corrected chi connectivity index (χ2v) is 5.78. The maximum Gasteiger partial charge on any atom is 0.258 e. The van der Waals surface area contributed by atoms with Gasteiger partial charge in [0, 0.05) is 31.2 Å². The molecule has 23 heavy (non-hydrogen) atoms. The van der Waals surface area contributed by atoms with Crippen LogP contribution in [0.3, 0.4) is 0 Å². The number of anilines is 2. The van der Waals surface area contributed by atoms with Crippen LogP contribution in [0.5, 0.6) is 0 Å². The van der Waals surface area contributed by atoms with Crippen LogP contribution in [0.25, 0.3) is 0 Å². The van der Waals surface area contributed by atoms with Gasteiger partial charge in [-0.05, 0) is 51.2 Å². The molecule has 1 heterocycles. The van der Waals surface area contributed by atoms with Crippen LogP contribution in [-0.4, -0.2) is 48.0 Å². The minimum Gasteiger partial charge on any atom is -0.353 e. The number of hydrogen-bond acceptors (Lipinski definition) is 5. The number of carbonyl (C=O) groups is 1. The Morgan fingerprint density at radius 2 is 1.83 bits per heavy atom. The Hall–Kier alpha value is -2.47. The molecule has 2 aromatic rings. The summed E-state index contributed by atoms with van der Waals surface area (Å²) in [7, 11) is 4.01. The van der Waals surface area contributed by atoms with E-state index >= 15 is 0 Å². The minimum atomic E-state index is -0.215. The molecule has 1 aromatic carbocycles. The van der Waals surface area contributed by atoms with Crippen LogP contribution in [0.15, 0.2) is 30.6 Å². The van der Waals surface area contributed by atoms with Crippen molar-refractivity contribution >= 4 is 17.5 Å². The molecular formula is C17H23N5O. The van der Waals surface area contributed by atoms with E-state index in [0.717, 1.165) is 24.3 Å². The molecule has 0 unspecified atom stereocenters. The van der Waals surface area contributed by atoms with Gasteiger partial charge in [-0.1, -0.05) is 6.07 Å². The largest absolute Gasteiger partial charge is 0.353 e. The van der Waals surface area contributed by atoms with Gasteiger partial charge in [0.15, 0.2) is 0 Å². The number of amides is 1. The Kier molecular flexibility index (Phi) is 5.65. The summed E-state index contributed by atoms with van der Waals surface area (Å²) in [5.41, 5.74) is 3.53. The van der Waals surface area contributed by atoms with Gasteiger partial charge in [0.1, 0.15) is 0 Å². The van der Waals surface area contributed by atoms with Crippen LogP contribution in [0.2, 0.25) is 0 Å². The zero-order valence-electron chi connectivity index (χ0n) is 14.1. The molecule has 6 heteroatoms. The summed E-state index contributed by atoms with van der Waals surface area (Å²) in [6, 6.07) is 5.82. The van der Waals surface area contributed by atoms with Gasteiger partial charge in [0.2, 0.25) is 5.95 Å². The lowest BCUT2D eigenvalue weighted by Crippen LogP contribution is -2.21. The number of rotatable bonds is 6. The van der Waals surface area contributed by atoms with Gasteiger partial charge in [-0.15, -0.1) is 0 Å². The molecule has 0 fully saturated rings. The first-order valence-electron chi connectivity index (χ1n) is 7.55. The van der Waals surface area contributed by atoms with Crippen molar-refractivity contribution in [2.75, 3.05) is 37.8 Å². The summed E-state index contributed by atoms with van der Waals surface area (Å²) in [6.07, 6.45) is 3.06. The minimum absolute atomic E-state index is 0.215. The highest BCUT2D eigenvalue weighted by molar-refractivity contribution is 6.03. The number of benzene rings is 1. The van der Waals surface area contributed by atoms with Crippen LogP contribution in [0.1, 0.15) is 21.5 Å². The summed E-state index contributed by atoms with van der Waals surface area (Å²) in [4.78, 5) is 22.6. The fraction of sp³-hybridized carbons (Fsp3) is 0.353. The summed E-state index contributed by atoms with van der Waals surface area (Å²) >= 11 is 0. The molecule has 0 bridgehead atoms. The van der Waals surface area contributed by atoms with Crippen molar-refractivity contribution in [3.05, 3.63) is 47.3 Å². The van der Waals surface area contributed by atoms with Crippen LogP contribution in [0.4, 0.5) is 11.6 Å². The molecule has 0 saturated heterocycles. The first kappa shape index (κ1) is 16.9. The van der Waals surface area contributed by atoms with E-state index in [9.17, 15) is 4.79 Å². The molecule has 2 rings (SSSR count). The maximum absolute atomic E-state index is 12.2. The van der Waals surface area contributed by atoms with Gasteiger partial charge in [-0.25, -0.2) is 9.97 Å². The fourth-order valence-electron chi connectivity index (χ4n) is 1.95. The molecule has 122 valence electrons. The van der Waals surface area contributed by atoms with Crippen LogP contribution < -0.4 is 10.6 Å². The average molecular weight is 313 g/mol. The topological polar surface area (TPSA) is 70.2 Å². The Morgan fingerprint density at radius 3 is 2.43 bits per heavy atom. The molecule has 2 N–H and O–H groups in total. The standard InChI is InChI=1S/C17H23N5O/c1-12-5-6-15(9-13(12)2)21-16(23)14-10-19-17(20-11-14)18-7-8-22(3)4/h5-6,9-11H,7-8H2,1-4H3,(H,21,23)(H,18,19,20). The number of aryl methyl sites for hydroxylation is 2. The number of hydrogen-bond donors (Lipinski definition) is 2. The van der Waals surface area contributed by atoms with Crippen molar-refractivity contribution in [3.8, 4) is 0 Å². The van der Waals surface area contributed by atoms with E-state index in [4.69, 9.17) is 0 Å². The van der Waals surface area contributed by atoms with E-state index in [2.05, 4.69) is 25.5 Å². The van der Waals surface area contributed by atoms with Crippen molar-refractivity contribution in [1.82, 2.24) is 14.9 Å². The molecule has 6 nitrogen and oxygen atoms in total. The number of nitrogens with one attached hydrogen (secondary N) is 2. The number of aromatic nitrogens is 2. The predicted octanol–water partition coefficient (Wildman–Crippen LogP) is 2.32. The van der Waals surface area contributed by atoms with Gasteiger partial charge >= 0.3 is 0 Å². The van der Waals surface area contributed by atoms with Crippen LogP contribution >= 0.6 is 0 Å². The monoisotopic (exact) mass is 313 g/mol. The molecule has 0 aliphatic heterocycles. The van der Waals surface area contributed by atoms with Crippen molar-refractivity contribution in [3.63, 3.8) is 0 Å². The van der Waals surface area contributed by atoms with E-state index < -0.39 is 0 Å². The van der Waals surface area contributed by atoms with E-state index in [1.165, 1.54) is 18.0 Å². The zero-order valence-corrected chi connectivity index (χ0v) is 14.1. The summed E-state index contributed by atoms with van der Waals surface area (Å²) < 4.78 is 0. The van der Waals surface area contributed by atoms with Crippen molar-refractivity contribution < 1.29 is 4.79 Å². The molecule has 1 amide bonds. The summed E-state index contributed by atoms with van der Waals surface area (Å²) in [6.45, 7) is 5.69. The van der Waals surface area contributed by atoms with Gasteiger partial charge in [-0.3, -0.25) is 4.79 Å². The third kappa shape index (κ3) is 5.03. The second kappa shape index (κ2) is 7.69. The van der Waals surface area contributed by atoms with Crippen molar-refractivity contribution in [1.29, 1.82) is 0 Å². The lowest BCUT2D eigenvalue weighted by Gasteiger charge is -2.10. The number of nitrogens with zero attached hydrogens (tertiary/aromatic N) is 3. The van der Waals surface area contributed by atoms with Crippen LogP contribution in [0, 0.1) is 13.8 Å². The molecule has 0 aliphatic rings. The Labute approximate surface area is 137 Å². The summed E-state index contributed by atoms with van der Waals surface area (Å²) in [5, 5.41) is 5.97. The second-order valence-electron chi connectivity index (χ2n) is 5.78. The Bertz CT molecular complexity index is 667. The summed E-state index contributed by atoms with van der Waals surface area (Å²) in [5.74, 6) is 0.308. The maximum atomic E-state index is 12.2. The first-order chi connectivity index (χ1) is 11.0. The van der Waals surface area contributed by atoms with E-state index in [0.29, 0.717) is 11.5 Å². The predicted molar refractivity (Wildman–Crippen MR) is 92.9 cm³/mol. The molecule has 0 atom stereocenters. The third-order valence-corrected chi connectivity index (χ3v) is 3.52. The molecule has 0 saturated carbocycles. The molecular weight excluding hydrogens is 290 g/mol. The van der Waals surface area contributed by atoms with Gasteiger partial charge in [-0.2, -0.15) is 0 Å². The molecule has 0 radical (unpaired) electrons. The third-order valence-electron chi connectivity index (χ3n) is 3.52. The van der Waals surface area contributed by atoms with E-state index in [1.54, 1.807) is 0 Å². The van der Waals surface area contributed by atoms with E-state index in [-0.39, 0.29) is 5.91 Å². The number of likely N-dealkylation sites (N-methyl/N-ethyl adjacent to an activating group) is 1. The fourth-order valence-corrected chi connectivity index (χ4v) is 1.95. The van der Waals surface area contributed by atoms with Gasteiger partial charge in [0.05, 0.1) is 5.56 Å². The normalized spacial score (nSPS) is 10.7. The molecule has 1 aromatic heterocycles. The molecule has 0 spiro atoms. The zero-order chi connectivity index (χ0) is 16.8.